The number of hydrogen-bond acceptors (Lipinski definition) is 4. The molecule has 1 saturated heterocycles. The van der Waals surface area contributed by atoms with Crippen molar-refractivity contribution in [3.63, 3.8) is 0 Å². The van der Waals surface area contributed by atoms with Crippen molar-refractivity contribution in [2.45, 2.75) is 12.6 Å². The lowest BCUT2D eigenvalue weighted by atomic mass is 9.93. The Morgan fingerprint density at radius 3 is 2.80 bits per heavy atom. The van der Waals surface area contributed by atoms with Gasteiger partial charge in [0, 0.05) is 20.2 Å². The van der Waals surface area contributed by atoms with Crippen LogP contribution in [0.4, 0.5) is 0 Å². The first-order valence-corrected chi connectivity index (χ1v) is 8.55. The van der Waals surface area contributed by atoms with E-state index in [-0.39, 0.29) is 11.9 Å². The smallest absolute Gasteiger partial charge is 0.241 e. The molecule has 1 aliphatic rings. The molecule has 132 valence electrons. The number of hydrogen-bond donors (Lipinski definition) is 2. The molecule has 0 bridgehead atoms. The van der Waals surface area contributed by atoms with Crippen LogP contribution in [0.3, 0.4) is 0 Å². The SMILES string of the molecule is COCCOCc1cccc(-c2ccccc2C2NCCNC2=O)c1. The molecule has 0 saturated carbocycles. The van der Waals surface area contributed by atoms with E-state index in [4.69, 9.17) is 9.47 Å². The molecule has 1 fully saturated rings. The van der Waals surface area contributed by atoms with Gasteiger partial charge in [-0.2, -0.15) is 0 Å². The summed E-state index contributed by atoms with van der Waals surface area (Å²) < 4.78 is 10.6. The van der Waals surface area contributed by atoms with E-state index in [1.54, 1.807) is 7.11 Å². The summed E-state index contributed by atoms with van der Waals surface area (Å²) >= 11 is 0. The number of methoxy groups -OCH3 is 1. The molecule has 5 nitrogen and oxygen atoms in total. The molecule has 0 aromatic heterocycles. The lowest BCUT2D eigenvalue weighted by Crippen LogP contribution is -2.47. The molecule has 2 aromatic rings. The van der Waals surface area contributed by atoms with Crippen LogP contribution >= 0.6 is 0 Å². The third-order valence-corrected chi connectivity index (χ3v) is 4.25. The van der Waals surface area contributed by atoms with Crippen molar-refractivity contribution in [1.29, 1.82) is 0 Å². The van der Waals surface area contributed by atoms with Gasteiger partial charge in [-0.05, 0) is 28.3 Å². The Morgan fingerprint density at radius 1 is 1.08 bits per heavy atom. The van der Waals surface area contributed by atoms with Gasteiger partial charge >= 0.3 is 0 Å². The van der Waals surface area contributed by atoms with Gasteiger partial charge < -0.3 is 20.1 Å². The van der Waals surface area contributed by atoms with Crippen molar-refractivity contribution in [3.8, 4) is 11.1 Å². The Labute approximate surface area is 148 Å². The Morgan fingerprint density at radius 2 is 1.96 bits per heavy atom. The number of benzene rings is 2. The Hall–Kier alpha value is -2.21. The molecule has 2 aromatic carbocycles. The van der Waals surface area contributed by atoms with E-state index >= 15 is 0 Å². The predicted molar refractivity (Wildman–Crippen MR) is 97.2 cm³/mol. The van der Waals surface area contributed by atoms with Crippen LogP contribution < -0.4 is 10.6 Å². The molecule has 1 aliphatic heterocycles. The molecule has 0 aliphatic carbocycles. The molecular weight excluding hydrogens is 316 g/mol. The number of piperazine rings is 1. The normalized spacial score (nSPS) is 17.3. The van der Waals surface area contributed by atoms with Crippen molar-refractivity contribution >= 4 is 5.91 Å². The van der Waals surface area contributed by atoms with Crippen molar-refractivity contribution < 1.29 is 14.3 Å². The fourth-order valence-corrected chi connectivity index (χ4v) is 3.02. The Kier molecular flexibility index (Phi) is 6.17. The summed E-state index contributed by atoms with van der Waals surface area (Å²) in [5.74, 6) is 0.0257. The van der Waals surface area contributed by atoms with Gasteiger partial charge in [-0.15, -0.1) is 0 Å². The van der Waals surface area contributed by atoms with Crippen LogP contribution in [0.2, 0.25) is 0 Å². The molecule has 2 N–H and O–H groups in total. The lowest BCUT2D eigenvalue weighted by molar-refractivity contribution is -0.124. The monoisotopic (exact) mass is 340 g/mol. The molecule has 1 amide bonds. The Bertz CT molecular complexity index is 718. The van der Waals surface area contributed by atoms with Gasteiger partial charge in [0.1, 0.15) is 6.04 Å². The van der Waals surface area contributed by atoms with Crippen LogP contribution in [0.5, 0.6) is 0 Å². The Balaban J connectivity index is 1.83. The number of ether oxygens (including phenoxy) is 2. The number of rotatable bonds is 7. The topological polar surface area (TPSA) is 59.6 Å². The van der Waals surface area contributed by atoms with Gasteiger partial charge in [-0.3, -0.25) is 4.79 Å². The van der Waals surface area contributed by atoms with E-state index in [0.717, 1.165) is 28.8 Å². The van der Waals surface area contributed by atoms with Crippen LogP contribution in [0.15, 0.2) is 48.5 Å². The highest BCUT2D eigenvalue weighted by Crippen LogP contribution is 2.29. The first-order valence-electron chi connectivity index (χ1n) is 8.55. The summed E-state index contributed by atoms with van der Waals surface area (Å²) in [6.07, 6.45) is 0. The van der Waals surface area contributed by atoms with Crippen LogP contribution in [0.25, 0.3) is 11.1 Å². The maximum atomic E-state index is 12.2. The zero-order chi connectivity index (χ0) is 17.5. The molecule has 0 spiro atoms. The summed E-state index contributed by atoms with van der Waals surface area (Å²) in [6.45, 7) is 3.15. The summed E-state index contributed by atoms with van der Waals surface area (Å²) in [6, 6.07) is 16.0. The fraction of sp³-hybridized carbons (Fsp3) is 0.350. The minimum atomic E-state index is -0.313. The van der Waals surface area contributed by atoms with E-state index in [1.165, 1.54) is 0 Å². The minimum Gasteiger partial charge on any atom is -0.382 e. The molecular formula is C20H24N2O3. The van der Waals surface area contributed by atoms with Gasteiger partial charge in [0.05, 0.1) is 19.8 Å². The van der Waals surface area contributed by atoms with Gasteiger partial charge in [-0.1, -0.05) is 42.5 Å². The summed E-state index contributed by atoms with van der Waals surface area (Å²) in [7, 11) is 1.66. The van der Waals surface area contributed by atoms with E-state index in [1.807, 2.05) is 30.3 Å². The van der Waals surface area contributed by atoms with Gasteiger partial charge in [0.15, 0.2) is 0 Å². The van der Waals surface area contributed by atoms with Crippen LogP contribution in [-0.2, 0) is 20.9 Å². The molecule has 1 atom stereocenters. The highest BCUT2D eigenvalue weighted by atomic mass is 16.5. The average Bonchev–Trinajstić information content (AvgIpc) is 2.66. The van der Waals surface area contributed by atoms with E-state index < -0.39 is 0 Å². The largest absolute Gasteiger partial charge is 0.382 e. The summed E-state index contributed by atoms with van der Waals surface area (Å²) in [5, 5.41) is 6.23. The molecule has 1 unspecified atom stereocenters. The maximum Gasteiger partial charge on any atom is 0.241 e. The third-order valence-electron chi connectivity index (χ3n) is 4.25. The quantitative estimate of drug-likeness (QED) is 0.759. The second kappa shape index (κ2) is 8.76. The second-order valence-electron chi connectivity index (χ2n) is 6.01. The zero-order valence-corrected chi connectivity index (χ0v) is 14.5. The summed E-state index contributed by atoms with van der Waals surface area (Å²) in [5.41, 5.74) is 4.25. The van der Waals surface area contributed by atoms with Gasteiger partial charge in [-0.25, -0.2) is 0 Å². The molecule has 0 radical (unpaired) electrons. The van der Waals surface area contributed by atoms with Crippen molar-refractivity contribution in [2.24, 2.45) is 0 Å². The minimum absolute atomic E-state index is 0.0257. The first kappa shape index (κ1) is 17.6. The summed E-state index contributed by atoms with van der Waals surface area (Å²) in [4.78, 5) is 12.2. The van der Waals surface area contributed by atoms with E-state index in [2.05, 4.69) is 28.8 Å². The van der Waals surface area contributed by atoms with E-state index in [0.29, 0.717) is 26.4 Å². The highest BCUT2D eigenvalue weighted by molar-refractivity contribution is 5.86. The number of amides is 1. The van der Waals surface area contributed by atoms with Crippen LogP contribution in [-0.4, -0.2) is 39.3 Å². The van der Waals surface area contributed by atoms with Crippen molar-refractivity contribution in [3.05, 3.63) is 59.7 Å². The average molecular weight is 340 g/mol. The predicted octanol–water partition coefficient (Wildman–Crippen LogP) is 2.28. The maximum absolute atomic E-state index is 12.2. The van der Waals surface area contributed by atoms with Gasteiger partial charge in [0.25, 0.3) is 0 Å². The fourth-order valence-electron chi connectivity index (χ4n) is 3.02. The number of nitrogens with one attached hydrogen (secondary N) is 2. The van der Waals surface area contributed by atoms with Gasteiger partial charge in [0.2, 0.25) is 5.91 Å². The van der Waals surface area contributed by atoms with Crippen molar-refractivity contribution in [1.82, 2.24) is 10.6 Å². The first-order chi connectivity index (χ1) is 12.3. The second-order valence-corrected chi connectivity index (χ2v) is 6.01. The molecule has 1 heterocycles. The van der Waals surface area contributed by atoms with Crippen LogP contribution in [0.1, 0.15) is 17.2 Å². The molecule has 3 rings (SSSR count). The van der Waals surface area contributed by atoms with E-state index in [9.17, 15) is 4.79 Å². The third kappa shape index (κ3) is 4.45. The number of carbonyl (C=O) groups is 1. The molecule has 25 heavy (non-hydrogen) atoms. The van der Waals surface area contributed by atoms with Crippen LogP contribution in [0, 0.1) is 0 Å². The lowest BCUT2D eigenvalue weighted by Gasteiger charge is -2.25. The highest BCUT2D eigenvalue weighted by Gasteiger charge is 2.25. The van der Waals surface area contributed by atoms with Crippen molar-refractivity contribution in [2.75, 3.05) is 33.4 Å². The standard InChI is InChI=1S/C20H24N2O3/c1-24-11-12-25-14-15-5-4-6-16(13-15)17-7-2-3-8-18(17)19-20(23)22-10-9-21-19/h2-8,13,19,21H,9-12,14H2,1H3,(H,22,23). The number of carbonyl (C=O) groups excluding carboxylic acids is 1. The zero-order valence-electron chi connectivity index (χ0n) is 14.5. The molecule has 5 heteroatoms.